The van der Waals surface area contributed by atoms with Gasteiger partial charge in [0.05, 0.1) is 0 Å². The first kappa shape index (κ1) is 13.0. The number of nitrogens with one attached hydrogen (secondary N) is 1. The van der Waals surface area contributed by atoms with E-state index >= 15 is 0 Å². The summed E-state index contributed by atoms with van der Waals surface area (Å²) in [5.74, 6) is 0.883. The summed E-state index contributed by atoms with van der Waals surface area (Å²) in [4.78, 5) is 12.0. The van der Waals surface area contributed by atoms with E-state index in [4.69, 9.17) is 0 Å². The summed E-state index contributed by atoms with van der Waals surface area (Å²) < 4.78 is 0. The SMILES string of the molecule is CCC(Br)CNC(=O)CC1CCCCC1. The fraction of sp³-hybridized carbons (Fsp3) is 0.917. The van der Waals surface area contributed by atoms with Crippen LogP contribution in [0.4, 0.5) is 0 Å². The van der Waals surface area contributed by atoms with Crippen molar-refractivity contribution in [3.05, 3.63) is 0 Å². The minimum Gasteiger partial charge on any atom is -0.355 e. The van der Waals surface area contributed by atoms with Gasteiger partial charge in [-0.2, -0.15) is 0 Å². The Morgan fingerprint density at radius 2 is 2.07 bits per heavy atom. The molecule has 0 saturated heterocycles. The van der Waals surface area contributed by atoms with Crippen molar-refractivity contribution in [2.24, 2.45) is 5.92 Å². The molecule has 0 heterocycles. The molecular formula is C12H22BrNO. The summed E-state index contributed by atoms with van der Waals surface area (Å²) in [6.07, 6.45) is 8.28. The van der Waals surface area contributed by atoms with E-state index in [1.165, 1.54) is 32.1 Å². The van der Waals surface area contributed by atoms with Crippen molar-refractivity contribution in [2.75, 3.05) is 6.54 Å². The number of hydrogen-bond donors (Lipinski definition) is 1. The number of alkyl halides is 1. The zero-order chi connectivity index (χ0) is 11.1. The van der Waals surface area contributed by atoms with Gasteiger partial charge in [-0.3, -0.25) is 4.79 Å². The fourth-order valence-corrected chi connectivity index (χ4v) is 2.26. The third kappa shape index (κ3) is 5.55. The third-order valence-corrected chi connectivity index (χ3v) is 4.13. The highest BCUT2D eigenvalue weighted by atomic mass is 79.9. The largest absolute Gasteiger partial charge is 0.355 e. The Hall–Kier alpha value is -0.0500. The topological polar surface area (TPSA) is 29.1 Å². The summed E-state index contributed by atoms with van der Waals surface area (Å²) in [6, 6.07) is 0. The summed E-state index contributed by atoms with van der Waals surface area (Å²) in [7, 11) is 0. The second-order valence-corrected chi connectivity index (χ2v) is 5.81. The number of hydrogen-bond acceptors (Lipinski definition) is 1. The first-order valence-electron chi connectivity index (χ1n) is 6.13. The highest BCUT2D eigenvalue weighted by Crippen LogP contribution is 2.25. The average Bonchev–Trinajstić information content (AvgIpc) is 2.27. The zero-order valence-corrected chi connectivity index (χ0v) is 11.2. The molecular weight excluding hydrogens is 254 g/mol. The summed E-state index contributed by atoms with van der Waals surface area (Å²) in [5, 5.41) is 2.99. The maximum atomic E-state index is 11.6. The normalized spacial score (nSPS) is 19.9. The Bertz CT molecular complexity index is 190. The molecule has 0 spiro atoms. The molecule has 1 fully saturated rings. The van der Waals surface area contributed by atoms with Crippen LogP contribution in [0.2, 0.25) is 0 Å². The van der Waals surface area contributed by atoms with E-state index < -0.39 is 0 Å². The summed E-state index contributed by atoms with van der Waals surface area (Å²) in [6.45, 7) is 2.88. The molecule has 88 valence electrons. The number of rotatable bonds is 5. The van der Waals surface area contributed by atoms with Gasteiger partial charge in [0.15, 0.2) is 0 Å². The predicted molar refractivity (Wildman–Crippen MR) is 67.2 cm³/mol. The van der Waals surface area contributed by atoms with Gasteiger partial charge in [0.25, 0.3) is 0 Å². The summed E-state index contributed by atoms with van der Waals surface area (Å²) >= 11 is 3.52. The van der Waals surface area contributed by atoms with Crippen molar-refractivity contribution in [2.45, 2.75) is 56.7 Å². The fourth-order valence-electron chi connectivity index (χ4n) is 2.09. The Kier molecular flexibility index (Phi) is 6.30. The van der Waals surface area contributed by atoms with Crippen LogP contribution >= 0.6 is 15.9 Å². The lowest BCUT2D eigenvalue weighted by Gasteiger charge is -2.21. The quantitative estimate of drug-likeness (QED) is 0.767. The second-order valence-electron chi connectivity index (χ2n) is 4.52. The molecule has 0 aliphatic heterocycles. The number of carbonyl (C=O) groups is 1. The predicted octanol–water partition coefficient (Wildman–Crippen LogP) is 3.25. The molecule has 1 atom stereocenters. The lowest BCUT2D eigenvalue weighted by atomic mass is 9.87. The van der Waals surface area contributed by atoms with E-state index in [-0.39, 0.29) is 5.91 Å². The molecule has 1 aliphatic rings. The van der Waals surface area contributed by atoms with Crippen LogP contribution in [0.5, 0.6) is 0 Å². The van der Waals surface area contributed by atoms with E-state index in [2.05, 4.69) is 28.2 Å². The van der Waals surface area contributed by atoms with Crippen molar-refractivity contribution in [1.82, 2.24) is 5.32 Å². The molecule has 1 N–H and O–H groups in total. The van der Waals surface area contributed by atoms with E-state index in [1.54, 1.807) is 0 Å². The molecule has 0 bridgehead atoms. The van der Waals surface area contributed by atoms with Crippen molar-refractivity contribution < 1.29 is 4.79 Å². The van der Waals surface area contributed by atoms with Crippen LogP contribution in [-0.4, -0.2) is 17.3 Å². The van der Waals surface area contributed by atoms with Crippen LogP contribution < -0.4 is 5.32 Å². The van der Waals surface area contributed by atoms with E-state index in [0.29, 0.717) is 10.7 Å². The minimum absolute atomic E-state index is 0.236. The monoisotopic (exact) mass is 275 g/mol. The maximum absolute atomic E-state index is 11.6. The van der Waals surface area contributed by atoms with Crippen LogP contribution in [0.1, 0.15) is 51.9 Å². The Morgan fingerprint density at radius 1 is 1.40 bits per heavy atom. The summed E-state index contributed by atoms with van der Waals surface area (Å²) in [5.41, 5.74) is 0. The Labute approximate surface area is 101 Å². The van der Waals surface area contributed by atoms with Gasteiger partial charge >= 0.3 is 0 Å². The third-order valence-electron chi connectivity index (χ3n) is 3.16. The molecule has 1 amide bonds. The molecule has 1 unspecified atom stereocenters. The van der Waals surface area contributed by atoms with Crippen molar-refractivity contribution in [3.63, 3.8) is 0 Å². The smallest absolute Gasteiger partial charge is 0.220 e. The van der Waals surface area contributed by atoms with Crippen molar-refractivity contribution in [3.8, 4) is 0 Å². The van der Waals surface area contributed by atoms with Gasteiger partial charge in [0.1, 0.15) is 0 Å². The van der Waals surface area contributed by atoms with E-state index in [1.807, 2.05) is 0 Å². The first-order valence-corrected chi connectivity index (χ1v) is 7.04. The van der Waals surface area contributed by atoms with Crippen LogP contribution in [0.15, 0.2) is 0 Å². The van der Waals surface area contributed by atoms with Gasteiger partial charge in [0.2, 0.25) is 5.91 Å². The average molecular weight is 276 g/mol. The lowest BCUT2D eigenvalue weighted by Crippen LogP contribution is -2.31. The molecule has 0 aromatic heterocycles. The highest BCUT2D eigenvalue weighted by Gasteiger charge is 2.16. The van der Waals surface area contributed by atoms with Crippen LogP contribution in [-0.2, 0) is 4.79 Å². The van der Waals surface area contributed by atoms with E-state index in [0.717, 1.165) is 19.4 Å². The molecule has 0 aromatic rings. The number of carbonyl (C=O) groups excluding carboxylic acids is 1. The van der Waals surface area contributed by atoms with Gasteiger partial charge in [-0.15, -0.1) is 0 Å². The lowest BCUT2D eigenvalue weighted by molar-refractivity contribution is -0.122. The standard InChI is InChI=1S/C12H22BrNO/c1-2-11(13)9-14-12(15)8-10-6-4-3-5-7-10/h10-11H,2-9H2,1H3,(H,14,15). The van der Waals surface area contributed by atoms with Crippen LogP contribution in [0.3, 0.4) is 0 Å². The number of halogens is 1. The molecule has 0 radical (unpaired) electrons. The molecule has 2 nitrogen and oxygen atoms in total. The molecule has 1 rings (SSSR count). The van der Waals surface area contributed by atoms with Gasteiger partial charge in [-0.25, -0.2) is 0 Å². The highest BCUT2D eigenvalue weighted by molar-refractivity contribution is 9.09. The van der Waals surface area contributed by atoms with E-state index in [9.17, 15) is 4.79 Å². The van der Waals surface area contributed by atoms with Crippen molar-refractivity contribution >= 4 is 21.8 Å². The minimum atomic E-state index is 0.236. The van der Waals surface area contributed by atoms with Gasteiger partial charge in [0, 0.05) is 17.8 Å². The molecule has 0 aromatic carbocycles. The number of amides is 1. The van der Waals surface area contributed by atoms with Crippen LogP contribution in [0, 0.1) is 5.92 Å². The van der Waals surface area contributed by atoms with Crippen LogP contribution in [0.25, 0.3) is 0 Å². The van der Waals surface area contributed by atoms with Gasteiger partial charge in [-0.1, -0.05) is 42.1 Å². The maximum Gasteiger partial charge on any atom is 0.220 e. The van der Waals surface area contributed by atoms with Crippen molar-refractivity contribution in [1.29, 1.82) is 0 Å². The molecule has 15 heavy (non-hydrogen) atoms. The first-order chi connectivity index (χ1) is 7.22. The Balaban J connectivity index is 2.11. The molecule has 3 heteroatoms. The molecule has 1 aliphatic carbocycles. The van der Waals surface area contributed by atoms with Gasteiger partial charge < -0.3 is 5.32 Å². The molecule has 1 saturated carbocycles. The second kappa shape index (κ2) is 7.26. The Morgan fingerprint density at radius 3 is 2.67 bits per heavy atom. The van der Waals surface area contributed by atoms with Gasteiger partial charge in [-0.05, 0) is 25.2 Å². The zero-order valence-electron chi connectivity index (χ0n) is 9.60.